The molecule has 6 heteroatoms. The number of halogens is 1. The Morgan fingerprint density at radius 1 is 1.44 bits per heavy atom. The molecule has 0 aliphatic rings. The van der Waals surface area contributed by atoms with Gasteiger partial charge in [-0.2, -0.15) is 5.10 Å². The number of nitrogens with zero attached hydrogens (tertiary/aromatic N) is 3. The fourth-order valence-corrected chi connectivity index (χ4v) is 1.20. The third-order valence-electron chi connectivity index (χ3n) is 2.02. The number of hydrogen-bond donors (Lipinski definition) is 1. The van der Waals surface area contributed by atoms with Crippen LogP contribution in [0.3, 0.4) is 0 Å². The highest BCUT2D eigenvalue weighted by molar-refractivity contribution is 5.87. The molecule has 82 valence electrons. The molecule has 2 rings (SSSR count). The normalized spacial score (nSPS) is 10.3. The zero-order valence-electron chi connectivity index (χ0n) is 8.17. The molecule has 0 aromatic carbocycles. The lowest BCUT2D eigenvalue weighted by Gasteiger charge is -1.99. The van der Waals surface area contributed by atoms with Crippen molar-refractivity contribution in [2.75, 3.05) is 0 Å². The fourth-order valence-electron chi connectivity index (χ4n) is 1.20. The van der Waals surface area contributed by atoms with Crippen LogP contribution >= 0.6 is 0 Å². The second kappa shape index (κ2) is 4.09. The molecular formula is C10H8FN3O2. The van der Waals surface area contributed by atoms with Gasteiger partial charge in [-0.15, -0.1) is 0 Å². The van der Waals surface area contributed by atoms with Crippen molar-refractivity contribution in [1.82, 2.24) is 14.8 Å². The van der Waals surface area contributed by atoms with E-state index in [0.29, 0.717) is 11.4 Å². The van der Waals surface area contributed by atoms with Gasteiger partial charge in [-0.3, -0.25) is 0 Å². The first-order valence-corrected chi connectivity index (χ1v) is 4.50. The first kappa shape index (κ1) is 10.3. The summed E-state index contributed by atoms with van der Waals surface area (Å²) in [5, 5.41) is 12.6. The molecular weight excluding hydrogens is 213 g/mol. The maximum Gasteiger partial charge on any atom is 0.337 e. The van der Waals surface area contributed by atoms with Crippen LogP contribution in [0.25, 0.3) is 5.82 Å². The van der Waals surface area contributed by atoms with Gasteiger partial charge in [0.05, 0.1) is 11.8 Å². The van der Waals surface area contributed by atoms with Crippen molar-refractivity contribution < 1.29 is 14.3 Å². The summed E-state index contributed by atoms with van der Waals surface area (Å²) in [5.41, 5.74) is 0.547. The summed E-state index contributed by atoms with van der Waals surface area (Å²) in [5.74, 6) is -0.589. The summed E-state index contributed by atoms with van der Waals surface area (Å²) in [6, 6.07) is 2.93. The number of rotatable bonds is 3. The van der Waals surface area contributed by atoms with Gasteiger partial charge in [0, 0.05) is 18.0 Å². The molecule has 0 saturated heterocycles. The summed E-state index contributed by atoms with van der Waals surface area (Å²) >= 11 is 0. The van der Waals surface area contributed by atoms with Crippen molar-refractivity contribution in [1.29, 1.82) is 0 Å². The molecule has 0 radical (unpaired) electrons. The van der Waals surface area contributed by atoms with Gasteiger partial charge in [0.15, 0.2) is 5.82 Å². The Balaban J connectivity index is 2.30. The molecule has 16 heavy (non-hydrogen) atoms. The Labute approximate surface area is 90.2 Å². The van der Waals surface area contributed by atoms with Crippen molar-refractivity contribution in [3.8, 4) is 5.82 Å². The van der Waals surface area contributed by atoms with E-state index in [9.17, 15) is 9.18 Å². The summed E-state index contributed by atoms with van der Waals surface area (Å²) in [6.45, 7) is -0.590. The van der Waals surface area contributed by atoms with E-state index in [1.807, 2.05) is 0 Å². The van der Waals surface area contributed by atoms with Crippen molar-refractivity contribution in [2.45, 2.75) is 6.67 Å². The molecule has 2 aromatic heterocycles. The molecule has 0 saturated carbocycles. The Morgan fingerprint density at radius 2 is 2.25 bits per heavy atom. The number of hydrogen-bond acceptors (Lipinski definition) is 3. The van der Waals surface area contributed by atoms with Crippen LogP contribution in [-0.4, -0.2) is 25.8 Å². The highest BCUT2D eigenvalue weighted by Crippen LogP contribution is 2.07. The maximum absolute atomic E-state index is 12.3. The van der Waals surface area contributed by atoms with Crippen LogP contribution in [-0.2, 0) is 6.67 Å². The minimum absolute atomic E-state index is 0.0987. The highest BCUT2D eigenvalue weighted by atomic mass is 19.1. The lowest BCUT2D eigenvalue weighted by atomic mass is 10.3. The summed E-state index contributed by atoms with van der Waals surface area (Å²) in [4.78, 5) is 14.5. The highest BCUT2D eigenvalue weighted by Gasteiger charge is 2.05. The summed E-state index contributed by atoms with van der Waals surface area (Å²) in [6.07, 6.45) is 4.13. The SMILES string of the molecule is O=C(O)c1ccc(-n2cc(CF)cn2)nc1. The van der Waals surface area contributed by atoms with E-state index in [2.05, 4.69) is 10.1 Å². The van der Waals surface area contributed by atoms with E-state index < -0.39 is 12.6 Å². The van der Waals surface area contributed by atoms with Crippen LogP contribution in [0.4, 0.5) is 4.39 Å². The molecule has 0 amide bonds. The molecule has 5 nitrogen and oxygen atoms in total. The first-order valence-electron chi connectivity index (χ1n) is 4.50. The van der Waals surface area contributed by atoms with E-state index >= 15 is 0 Å². The van der Waals surface area contributed by atoms with E-state index in [1.54, 1.807) is 0 Å². The van der Waals surface area contributed by atoms with Crippen molar-refractivity contribution in [3.05, 3.63) is 41.9 Å². The summed E-state index contributed by atoms with van der Waals surface area (Å²) in [7, 11) is 0. The molecule has 0 bridgehead atoms. The largest absolute Gasteiger partial charge is 0.478 e. The number of pyridine rings is 1. The smallest absolute Gasteiger partial charge is 0.337 e. The zero-order valence-corrected chi connectivity index (χ0v) is 8.17. The van der Waals surface area contributed by atoms with Crippen LogP contribution in [0.5, 0.6) is 0 Å². The number of alkyl halides is 1. The lowest BCUT2D eigenvalue weighted by Crippen LogP contribution is -2.01. The molecule has 0 atom stereocenters. The Kier molecular flexibility index (Phi) is 2.63. The second-order valence-electron chi connectivity index (χ2n) is 3.14. The van der Waals surface area contributed by atoms with Crippen LogP contribution < -0.4 is 0 Å². The maximum atomic E-state index is 12.3. The molecule has 0 aliphatic heterocycles. The van der Waals surface area contributed by atoms with Gasteiger partial charge in [0.2, 0.25) is 0 Å². The summed E-state index contributed by atoms with van der Waals surface area (Å²) < 4.78 is 13.7. The zero-order chi connectivity index (χ0) is 11.5. The van der Waals surface area contributed by atoms with E-state index in [-0.39, 0.29) is 5.56 Å². The molecule has 1 N–H and O–H groups in total. The number of aromatic carboxylic acids is 1. The third kappa shape index (κ3) is 1.90. The Bertz CT molecular complexity index is 507. The quantitative estimate of drug-likeness (QED) is 0.851. The average Bonchev–Trinajstić information content (AvgIpc) is 2.77. The third-order valence-corrected chi connectivity index (χ3v) is 2.02. The standard InChI is InChI=1S/C10H8FN3O2/c11-3-7-4-13-14(6-7)9-2-1-8(5-12-9)10(15)16/h1-2,4-6H,3H2,(H,15,16). The number of carbonyl (C=O) groups is 1. The Morgan fingerprint density at radius 3 is 2.75 bits per heavy atom. The predicted molar refractivity (Wildman–Crippen MR) is 53.1 cm³/mol. The van der Waals surface area contributed by atoms with Crippen molar-refractivity contribution in [2.24, 2.45) is 0 Å². The molecule has 2 heterocycles. The van der Waals surface area contributed by atoms with Crippen molar-refractivity contribution >= 4 is 5.97 Å². The first-order chi connectivity index (χ1) is 7.70. The predicted octanol–water partition coefficient (Wildman–Crippen LogP) is 1.43. The van der Waals surface area contributed by atoms with Gasteiger partial charge in [0.25, 0.3) is 0 Å². The topological polar surface area (TPSA) is 68.0 Å². The van der Waals surface area contributed by atoms with Gasteiger partial charge < -0.3 is 5.11 Å². The number of carboxylic acid groups (broad SMARTS) is 1. The van der Waals surface area contributed by atoms with Gasteiger partial charge in [-0.25, -0.2) is 18.9 Å². The minimum atomic E-state index is -1.04. The number of aromatic nitrogens is 3. The van der Waals surface area contributed by atoms with Gasteiger partial charge in [0.1, 0.15) is 6.67 Å². The number of carboxylic acids is 1. The van der Waals surface area contributed by atoms with Crippen LogP contribution in [0, 0.1) is 0 Å². The van der Waals surface area contributed by atoms with Crippen LogP contribution in [0.15, 0.2) is 30.7 Å². The monoisotopic (exact) mass is 221 g/mol. The molecule has 0 aliphatic carbocycles. The van der Waals surface area contributed by atoms with Crippen LogP contribution in [0.1, 0.15) is 15.9 Å². The van der Waals surface area contributed by atoms with E-state index in [0.717, 1.165) is 0 Å². The second-order valence-corrected chi connectivity index (χ2v) is 3.14. The van der Waals surface area contributed by atoms with Gasteiger partial charge >= 0.3 is 5.97 Å². The van der Waals surface area contributed by atoms with E-state index in [4.69, 9.17) is 5.11 Å². The molecule has 0 fully saturated rings. The lowest BCUT2D eigenvalue weighted by molar-refractivity contribution is 0.0696. The van der Waals surface area contributed by atoms with Gasteiger partial charge in [-0.05, 0) is 12.1 Å². The minimum Gasteiger partial charge on any atom is -0.478 e. The van der Waals surface area contributed by atoms with Crippen molar-refractivity contribution in [3.63, 3.8) is 0 Å². The molecule has 0 spiro atoms. The van der Waals surface area contributed by atoms with Gasteiger partial charge in [-0.1, -0.05) is 0 Å². The fraction of sp³-hybridized carbons (Fsp3) is 0.100. The molecule has 0 unspecified atom stereocenters. The molecule has 2 aromatic rings. The average molecular weight is 221 g/mol. The van der Waals surface area contributed by atoms with E-state index in [1.165, 1.54) is 35.4 Å². The Hall–Kier alpha value is -2.24. The van der Waals surface area contributed by atoms with Crippen LogP contribution in [0.2, 0.25) is 0 Å².